The van der Waals surface area contributed by atoms with Crippen molar-refractivity contribution in [2.24, 2.45) is 0 Å². The summed E-state index contributed by atoms with van der Waals surface area (Å²) in [6.45, 7) is 4.02. The standard InChI is InChI=1S/C18H18N4OS/c1-3-13-7-9-14(10-8-13)20-17(23)15-11-24-18(21-15)22-16-6-4-5-12(2)19-16/h4-11H,3H2,1-2H3,(H,20,23)(H,19,21,22). The number of amides is 1. The Morgan fingerprint density at radius 1 is 1.12 bits per heavy atom. The second-order valence-corrected chi connectivity index (χ2v) is 6.19. The van der Waals surface area contributed by atoms with Crippen molar-refractivity contribution in [1.29, 1.82) is 0 Å². The summed E-state index contributed by atoms with van der Waals surface area (Å²) in [7, 11) is 0. The first kappa shape index (κ1) is 16.1. The number of aryl methyl sites for hydroxylation is 2. The maximum Gasteiger partial charge on any atom is 0.275 e. The summed E-state index contributed by atoms with van der Waals surface area (Å²) in [6, 6.07) is 13.5. The van der Waals surface area contributed by atoms with Crippen LogP contribution in [0.15, 0.2) is 47.8 Å². The van der Waals surface area contributed by atoms with Gasteiger partial charge in [-0.15, -0.1) is 11.3 Å². The van der Waals surface area contributed by atoms with E-state index in [0.717, 1.165) is 17.8 Å². The monoisotopic (exact) mass is 338 g/mol. The number of nitrogens with one attached hydrogen (secondary N) is 2. The molecule has 2 heterocycles. The van der Waals surface area contributed by atoms with Crippen molar-refractivity contribution in [3.05, 3.63) is 64.8 Å². The smallest absolute Gasteiger partial charge is 0.275 e. The van der Waals surface area contributed by atoms with Gasteiger partial charge in [0.15, 0.2) is 5.13 Å². The van der Waals surface area contributed by atoms with Gasteiger partial charge < -0.3 is 10.6 Å². The Morgan fingerprint density at radius 2 is 1.92 bits per heavy atom. The summed E-state index contributed by atoms with van der Waals surface area (Å²) < 4.78 is 0. The van der Waals surface area contributed by atoms with Gasteiger partial charge in [-0.2, -0.15) is 0 Å². The first-order chi connectivity index (χ1) is 11.6. The molecule has 0 atom stereocenters. The number of pyridine rings is 1. The molecular formula is C18H18N4OS. The van der Waals surface area contributed by atoms with Crippen molar-refractivity contribution in [2.45, 2.75) is 20.3 Å². The van der Waals surface area contributed by atoms with Crippen LogP contribution in [0.4, 0.5) is 16.6 Å². The zero-order chi connectivity index (χ0) is 16.9. The van der Waals surface area contributed by atoms with Crippen LogP contribution in [0.25, 0.3) is 0 Å². The second kappa shape index (κ2) is 7.23. The normalized spacial score (nSPS) is 10.4. The molecule has 1 amide bonds. The second-order valence-electron chi connectivity index (χ2n) is 5.33. The summed E-state index contributed by atoms with van der Waals surface area (Å²) in [5.74, 6) is 0.493. The van der Waals surface area contributed by atoms with Crippen LogP contribution in [0.1, 0.15) is 28.7 Å². The van der Waals surface area contributed by atoms with Gasteiger partial charge in [-0.05, 0) is 43.2 Å². The number of anilines is 3. The lowest BCUT2D eigenvalue weighted by molar-refractivity contribution is 0.102. The number of benzene rings is 1. The molecule has 0 bridgehead atoms. The predicted molar refractivity (Wildman–Crippen MR) is 98.1 cm³/mol. The third-order valence-electron chi connectivity index (χ3n) is 3.48. The van der Waals surface area contributed by atoms with Crippen LogP contribution in [0, 0.1) is 6.92 Å². The number of aromatic nitrogens is 2. The minimum atomic E-state index is -0.222. The van der Waals surface area contributed by atoms with E-state index in [0.29, 0.717) is 16.6 Å². The lowest BCUT2D eigenvalue weighted by Gasteiger charge is -2.04. The fraction of sp³-hybridized carbons (Fsp3) is 0.167. The summed E-state index contributed by atoms with van der Waals surface area (Å²) in [5.41, 5.74) is 3.30. The molecule has 2 aromatic heterocycles. The largest absolute Gasteiger partial charge is 0.321 e. The number of thiazole rings is 1. The van der Waals surface area contributed by atoms with E-state index >= 15 is 0 Å². The SMILES string of the molecule is CCc1ccc(NC(=O)c2csc(Nc3cccc(C)n3)n2)cc1. The van der Waals surface area contributed by atoms with Crippen molar-refractivity contribution < 1.29 is 4.79 Å². The average Bonchev–Trinajstić information content (AvgIpc) is 3.04. The summed E-state index contributed by atoms with van der Waals surface area (Å²) in [6.07, 6.45) is 0.975. The van der Waals surface area contributed by atoms with Gasteiger partial charge in [-0.25, -0.2) is 9.97 Å². The van der Waals surface area contributed by atoms with Crippen molar-refractivity contribution in [2.75, 3.05) is 10.6 Å². The molecule has 0 radical (unpaired) electrons. The molecule has 0 saturated carbocycles. The van der Waals surface area contributed by atoms with E-state index in [9.17, 15) is 4.79 Å². The minimum absolute atomic E-state index is 0.222. The Labute approximate surface area is 144 Å². The predicted octanol–water partition coefficient (Wildman–Crippen LogP) is 4.40. The maximum atomic E-state index is 12.3. The maximum absolute atomic E-state index is 12.3. The Morgan fingerprint density at radius 3 is 2.62 bits per heavy atom. The van der Waals surface area contributed by atoms with Gasteiger partial charge in [-0.1, -0.05) is 25.1 Å². The molecule has 5 nitrogen and oxygen atoms in total. The quantitative estimate of drug-likeness (QED) is 0.723. The van der Waals surface area contributed by atoms with Crippen LogP contribution in [0.2, 0.25) is 0 Å². The highest BCUT2D eigenvalue weighted by molar-refractivity contribution is 7.14. The number of carbonyl (C=O) groups is 1. The van der Waals surface area contributed by atoms with Gasteiger partial charge in [-0.3, -0.25) is 4.79 Å². The van der Waals surface area contributed by atoms with Gasteiger partial charge >= 0.3 is 0 Å². The molecule has 0 aliphatic carbocycles. The third-order valence-corrected chi connectivity index (χ3v) is 4.24. The molecule has 3 aromatic rings. The molecule has 6 heteroatoms. The third kappa shape index (κ3) is 3.97. The highest BCUT2D eigenvalue weighted by Gasteiger charge is 2.11. The van der Waals surface area contributed by atoms with E-state index in [2.05, 4.69) is 27.5 Å². The van der Waals surface area contributed by atoms with Crippen LogP contribution in [0.5, 0.6) is 0 Å². The van der Waals surface area contributed by atoms with Crippen LogP contribution < -0.4 is 10.6 Å². The van der Waals surface area contributed by atoms with Crippen LogP contribution in [-0.4, -0.2) is 15.9 Å². The van der Waals surface area contributed by atoms with Gasteiger partial charge in [0.2, 0.25) is 0 Å². The van der Waals surface area contributed by atoms with Crippen molar-refractivity contribution in [1.82, 2.24) is 9.97 Å². The van der Waals surface area contributed by atoms with Gasteiger partial charge in [0.1, 0.15) is 11.5 Å². The Hall–Kier alpha value is -2.73. The van der Waals surface area contributed by atoms with Gasteiger partial charge in [0, 0.05) is 16.8 Å². The van der Waals surface area contributed by atoms with E-state index in [1.54, 1.807) is 5.38 Å². The van der Waals surface area contributed by atoms with E-state index in [4.69, 9.17) is 0 Å². The highest BCUT2D eigenvalue weighted by atomic mass is 32.1. The molecule has 3 rings (SSSR count). The van der Waals surface area contributed by atoms with Gasteiger partial charge in [0.05, 0.1) is 0 Å². The van der Waals surface area contributed by atoms with Crippen LogP contribution in [0.3, 0.4) is 0 Å². The highest BCUT2D eigenvalue weighted by Crippen LogP contribution is 2.21. The molecule has 0 saturated heterocycles. The number of carbonyl (C=O) groups excluding carboxylic acids is 1. The first-order valence-electron chi connectivity index (χ1n) is 7.70. The number of hydrogen-bond donors (Lipinski definition) is 2. The van der Waals surface area contributed by atoms with Crippen molar-refractivity contribution in [3.8, 4) is 0 Å². The molecule has 0 aliphatic rings. The molecular weight excluding hydrogens is 320 g/mol. The summed E-state index contributed by atoms with van der Waals surface area (Å²) in [4.78, 5) is 21.0. The number of rotatable bonds is 5. The molecule has 2 N–H and O–H groups in total. The molecule has 1 aromatic carbocycles. The fourth-order valence-electron chi connectivity index (χ4n) is 2.18. The number of hydrogen-bond acceptors (Lipinski definition) is 5. The lowest BCUT2D eigenvalue weighted by atomic mass is 10.1. The lowest BCUT2D eigenvalue weighted by Crippen LogP contribution is -2.12. The van der Waals surface area contributed by atoms with Crippen molar-refractivity contribution >= 4 is 33.9 Å². The first-order valence-corrected chi connectivity index (χ1v) is 8.58. The van der Waals surface area contributed by atoms with E-state index in [1.165, 1.54) is 16.9 Å². The topological polar surface area (TPSA) is 66.9 Å². The van der Waals surface area contributed by atoms with Crippen LogP contribution in [-0.2, 0) is 6.42 Å². The van der Waals surface area contributed by atoms with E-state index in [-0.39, 0.29) is 5.91 Å². The Balaban J connectivity index is 1.66. The van der Waals surface area contributed by atoms with E-state index < -0.39 is 0 Å². The zero-order valence-electron chi connectivity index (χ0n) is 13.5. The zero-order valence-corrected chi connectivity index (χ0v) is 14.4. The molecule has 122 valence electrons. The minimum Gasteiger partial charge on any atom is -0.321 e. The molecule has 0 fully saturated rings. The Bertz CT molecular complexity index is 842. The summed E-state index contributed by atoms with van der Waals surface area (Å²) in [5, 5.41) is 8.34. The number of nitrogens with zero attached hydrogens (tertiary/aromatic N) is 2. The molecule has 0 spiro atoms. The van der Waals surface area contributed by atoms with Gasteiger partial charge in [0.25, 0.3) is 5.91 Å². The Kier molecular flexibility index (Phi) is 4.86. The average molecular weight is 338 g/mol. The molecule has 0 unspecified atom stereocenters. The summed E-state index contributed by atoms with van der Waals surface area (Å²) >= 11 is 1.37. The fourth-order valence-corrected chi connectivity index (χ4v) is 2.87. The van der Waals surface area contributed by atoms with Crippen LogP contribution >= 0.6 is 11.3 Å². The van der Waals surface area contributed by atoms with Crippen molar-refractivity contribution in [3.63, 3.8) is 0 Å². The molecule has 24 heavy (non-hydrogen) atoms. The van der Waals surface area contributed by atoms with E-state index in [1.807, 2.05) is 49.4 Å². The molecule has 0 aliphatic heterocycles.